The van der Waals surface area contributed by atoms with Gasteiger partial charge in [0.1, 0.15) is 5.56 Å². The molecule has 0 amide bonds. The van der Waals surface area contributed by atoms with Gasteiger partial charge in [-0.05, 0) is 18.6 Å². The maximum Gasteiger partial charge on any atom is 0.513 e. The number of benzene rings is 1. The molecule has 0 aliphatic carbocycles. The summed E-state index contributed by atoms with van der Waals surface area (Å²) in [5.74, 6) is -1.30. The number of hydrogen-bond donors (Lipinski definition) is 2. The van der Waals surface area contributed by atoms with Crippen molar-refractivity contribution in [2.75, 3.05) is 12.3 Å². The van der Waals surface area contributed by atoms with E-state index in [2.05, 4.69) is 6.92 Å². The summed E-state index contributed by atoms with van der Waals surface area (Å²) >= 11 is 0. The minimum absolute atomic E-state index is 0.108. The Kier molecular flexibility index (Phi) is 9.34. The lowest BCUT2D eigenvalue weighted by Crippen LogP contribution is -2.14. The highest BCUT2D eigenvalue weighted by atomic mass is 16.7. The van der Waals surface area contributed by atoms with E-state index in [-0.39, 0.29) is 17.9 Å². The van der Waals surface area contributed by atoms with Crippen LogP contribution in [0.15, 0.2) is 18.2 Å². The van der Waals surface area contributed by atoms with Gasteiger partial charge in [-0.3, -0.25) is 0 Å². The van der Waals surface area contributed by atoms with E-state index in [0.29, 0.717) is 5.69 Å². The third-order valence-electron chi connectivity index (χ3n) is 3.65. The Morgan fingerprint density at radius 2 is 1.67 bits per heavy atom. The molecule has 6 nitrogen and oxygen atoms in total. The number of carbonyl (C=O) groups excluding carboxylic acids is 1. The maximum atomic E-state index is 11.6. The second-order valence-corrected chi connectivity index (χ2v) is 5.74. The summed E-state index contributed by atoms with van der Waals surface area (Å²) in [7, 11) is 0. The highest BCUT2D eigenvalue weighted by molar-refractivity contribution is 5.92. The Labute approximate surface area is 142 Å². The molecule has 6 heteroatoms. The van der Waals surface area contributed by atoms with Crippen LogP contribution in [-0.2, 0) is 4.74 Å². The minimum atomic E-state index is -1.19. The second kappa shape index (κ2) is 11.3. The fourth-order valence-electron chi connectivity index (χ4n) is 2.31. The molecule has 0 spiro atoms. The molecule has 0 atom stereocenters. The summed E-state index contributed by atoms with van der Waals surface area (Å²) < 4.78 is 9.91. The predicted molar refractivity (Wildman–Crippen MR) is 92.4 cm³/mol. The third-order valence-corrected chi connectivity index (χ3v) is 3.65. The van der Waals surface area contributed by atoms with Crippen LogP contribution >= 0.6 is 0 Å². The lowest BCUT2D eigenvalue weighted by molar-refractivity contribution is 0.0689. The van der Waals surface area contributed by atoms with Gasteiger partial charge >= 0.3 is 12.1 Å². The van der Waals surface area contributed by atoms with Crippen molar-refractivity contribution >= 4 is 17.8 Å². The molecule has 0 aromatic heterocycles. The second-order valence-electron chi connectivity index (χ2n) is 5.74. The number of rotatable bonds is 11. The number of nitrogen functional groups attached to an aromatic ring is 1. The molecule has 0 radical (unpaired) electrons. The number of nitrogens with two attached hydrogens (primary N) is 1. The molecule has 1 aromatic carbocycles. The predicted octanol–water partition coefficient (Wildman–Crippen LogP) is 4.62. The molecule has 0 fully saturated rings. The molecule has 1 rings (SSSR count). The van der Waals surface area contributed by atoms with Gasteiger partial charge in [-0.15, -0.1) is 0 Å². The molecule has 0 unspecified atom stereocenters. The van der Waals surface area contributed by atoms with E-state index in [1.807, 2.05) is 0 Å². The van der Waals surface area contributed by atoms with Crippen molar-refractivity contribution in [3.05, 3.63) is 23.8 Å². The zero-order chi connectivity index (χ0) is 17.8. The van der Waals surface area contributed by atoms with Gasteiger partial charge < -0.3 is 20.3 Å². The van der Waals surface area contributed by atoms with Gasteiger partial charge in [0.2, 0.25) is 0 Å². The Morgan fingerprint density at radius 3 is 2.29 bits per heavy atom. The Hall–Kier alpha value is -2.24. The van der Waals surface area contributed by atoms with E-state index in [0.717, 1.165) is 19.3 Å². The first kappa shape index (κ1) is 19.8. The van der Waals surface area contributed by atoms with Crippen LogP contribution in [0, 0.1) is 0 Å². The zero-order valence-corrected chi connectivity index (χ0v) is 14.3. The van der Waals surface area contributed by atoms with E-state index < -0.39 is 12.1 Å². The molecule has 0 bridgehead atoms. The number of ether oxygens (including phenoxy) is 2. The van der Waals surface area contributed by atoms with E-state index in [9.17, 15) is 9.59 Å². The molecule has 134 valence electrons. The van der Waals surface area contributed by atoms with Gasteiger partial charge in [-0.2, -0.15) is 0 Å². The van der Waals surface area contributed by atoms with E-state index >= 15 is 0 Å². The van der Waals surface area contributed by atoms with Crippen LogP contribution in [-0.4, -0.2) is 23.8 Å². The third kappa shape index (κ3) is 7.85. The first-order valence-corrected chi connectivity index (χ1v) is 8.52. The van der Waals surface area contributed by atoms with Crippen molar-refractivity contribution in [3.63, 3.8) is 0 Å². The van der Waals surface area contributed by atoms with Crippen molar-refractivity contribution in [2.45, 2.75) is 58.3 Å². The molecule has 0 saturated carbocycles. The van der Waals surface area contributed by atoms with Crippen molar-refractivity contribution in [2.24, 2.45) is 0 Å². The fraction of sp³-hybridized carbons (Fsp3) is 0.556. The van der Waals surface area contributed by atoms with Crippen molar-refractivity contribution < 1.29 is 24.2 Å². The highest BCUT2D eigenvalue weighted by Crippen LogP contribution is 2.22. The standard InChI is InChI=1S/C18H27NO5/c1-2-3-4-5-6-7-8-9-12-23-18(22)24-16-13-14(19)10-11-15(16)17(20)21/h10-11,13H,2-9,12,19H2,1H3,(H,20,21). The minimum Gasteiger partial charge on any atom is -0.478 e. The van der Waals surface area contributed by atoms with Gasteiger partial charge in [-0.25, -0.2) is 9.59 Å². The fourth-order valence-corrected chi connectivity index (χ4v) is 2.31. The average molecular weight is 337 g/mol. The summed E-state index contributed by atoms with van der Waals surface area (Å²) in [6.45, 7) is 2.46. The van der Waals surface area contributed by atoms with Crippen LogP contribution < -0.4 is 10.5 Å². The monoisotopic (exact) mass is 337 g/mol. The number of carbonyl (C=O) groups is 2. The SMILES string of the molecule is CCCCCCCCCCOC(=O)Oc1cc(N)ccc1C(=O)O. The first-order valence-electron chi connectivity index (χ1n) is 8.52. The largest absolute Gasteiger partial charge is 0.513 e. The lowest BCUT2D eigenvalue weighted by atomic mass is 10.1. The Balaban J connectivity index is 2.23. The van der Waals surface area contributed by atoms with E-state index in [4.69, 9.17) is 20.3 Å². The smallest absolute Gasteiger partial charge is 0.478 e. The van der Waals surface area contributed by atoms with Gasteiger partial charge in [-0.1, -0.05) is 51.9 Å². The topological polar surface area (TPSA) is 98.9 Å². The molecule has 1 aromatic rings. The number of carboxylic acids is 1. The molecule has 0 aliphatic heterocycles. The number of anilines is 1. The normalized spacial score (nSPS) is 10.4. The van der Waals surface area contributed by atoms with Crippen molar-refractivity contribution in [1.29, 1.82) is 0 Å². The molecule has 0 heterocycles. The summed E-state index contributed by atoms with van der Waals surface area (Å²) in [5.41, 5.74) is 5.76. The summed E-state index contributed by atoms with van der Waals surface area (Å²) in [6, 6.07) is 4.02. The number of carboxylic acid groups (broad SMARTS) is 1. The summed E-state index contributed by atoms with van der Waals surface area (Å²) in [6.07, 6.45) is 8.25. The first-order chi connectivity index (χ1) is 11.5. The van der Waals surface area contributed by atoms with Crippen LogP contribution in [0.25, 0.3) is 0 Å². The Morgan fingerprint density at radius 1 is 1.04 bits per heavy atom. The lowest BCUT2D eigenvalue weighted by Gasteiger charge is -2.09. The average Bonchev–Trinajstić information content (AvgIpc) is 2.53. The van der Waals surface area contributed by atoms with E-state index in [1.165, 1.54) is 50.3 Å². The van der Waals surface area contributed by atoms with E-state index in [1.54, 1.807) is 0 Å². The number of hydrogen-bond acceptors (Lipinski definition) is 5. The molecule has 24 heavy (non-hydrogen) atoms. The number of aromatic carboxylic acids is 1. The van der Waals surface area contributed by atoms with Crippen LogP contribution in [0.2, 0.25) is 0 Å². The molecular formula is C18H27NO5. The maximum absolute atomic E-state index is 11.6. The van der Waals surface area contributed by atoms with Gasteiger partial charge in [0, 0.05) is 11.8 Å². The van der Waals surface area contributed by atoms with Gasteiger partial charge in [0.25, 0.3) is 0 Å². The van der Waals surface area contributed by atoms with Crippen molar-refractivity contribution in [1.82, 2.24) is 0 Å². The van der Waals surface area contributed by atoms with Crippen molar-refractivity contribution in [3.8, 4) is 5.75 Å². The van der Waals surface area contributed by atoms with Crippen LogP contribution in [0.3, 0.4) is 0 Å². The van der Waals surface area contributed by atoms with Crippen LogP contribution in [0.1, 0.15) is 68.6 Å². The molecular weight excluding hydrogens is 310 g/mol. The zero-order valence-electron chi connectivity index (χ0n) is 14.3. The molecule has 0 aliphatic rings. The highest BCUT2D eigenvalue weighted by Gasteiger charge is 2.15. The van der Waals surface area contributed by atoms with Crippen LogP contribution in [0.4, 0.5) is 10.5 Å². The van der Waals surface area contributed by atoms with Gasteiger partial charge in [0.05, 0.1) is 6.61 Å². The molecule has 3 N–H and O–H groups in total. The van der Waals surface area contributed by atoms with Gasteiger partial charge in [0.15, 0.2) is 5.75 Å². The summed E-state index contributed by atoms with van der Waals surface area (Å²) in [4.78, 5) is 22.7. The Bertz CT molecular complexity index is 530. The summed E-state index contributed by atoms with van der Waals surface area (Å²) in [5, 5.41) is 9.05. The number of unbranched alkanes of at least 4 members (excludes halogenated alkanes) is 7. The van der Waals surface area contributed by atoms with Crippen LogP contribution in [0.5, 0.6) is 5.75 Å². The molecule has 0 saturated heterocycles. The quantitative estimate of drug-likeness (QED) is 0.264.